The average molecular weight is 285 g/mol. The summed E-state index contributed by atoms with van der Waals surface area (Å²) < 4.78 is 13.5. The van der Waals surface area contributed by atoms with Crippen LogP contribution in [-0.2, 0) is 11.3 Å². The molecule has 0 saturated carbocycles. The zero-order chi connectivity index (χ0) is 14.3. The van der Waals surface area contributed by atoms with E-state index in [0.29, 0.717) is 17.7 Å². The summed E-state index contributed by atoms with van der Waals surface area (Å²) in [6.45, 7) is 2.39. The Kier molecular flexibility index (Phi) is 6.87. The smallest absolute Gasteiger partial charge is 0.232 e. The monoisotopic (exact) mass is 285 g/mol. The number of aliphatic hydroxyl groups is 1. The van der Waals surface area contributed by atoms with Gasteiger partial charge in [0.15, 0.2) is 0 Å². The number of amides is 1. The van der Waals surface area contributed by atoms with Crippen molar-refractivity contribution in [3.05, 3.63) is 35.6 Å². The molecule has 0 fully saturated rings. The summed E-state index contributed by atoms with van der Waals surface area (Å²) in [7, 11) is 1.67. The second-order valence-corrected chi connectivity index (χ2v) is 5.90. The fourth-order valence-corrected chi connectivity index (χ4v) is 2.48. The zero-order valence-electron chi connectivity index (χ0n) is 11.3. The van der Waals surface area contributed by atoms with Gasteiger partial charge in [0.25, 0.3) is 0 Å². The van der Waals surface area contributed by atoms with Crippen molar-refractivity contribution in [1.29, 1.82) is 0 Å². The number of carbonyl (C=O) groups excluding carboxylic acids is 1. The molecule has 1 N–H and O–H groups in total. The Morgan fingerprint density at radius 3 is 2.79 bits per heavy atom. The normalized spacial score (nSPS) is 12.2. The maximum atomic E-state index is 13.5. The number of benzene rings is 1. The molecule has 106 valence electrons. The van der Waals surface area contributed by atoms with Crippen LogP contribution in [0.4, 0.5) is 4.39 Å². The topological polar surface area (TPSA) is 40.5 Å². The third kappa shape index (κ3) is 5.61. The highest BCUT2D eigenvalue weighted by atomic mass is 32.2. The van der Waals surface area contributed by atoms with Crippen LogP contribution in [0.25, 0.3) is 0 Å². The molecule has 5 heteroatoms. The molecule has 0 heterocycles. The number of thioether (sulfide) groups is 1. The molecule has 1 aromatic rings. The lowest BCUT2D eigenvalue weighted by Crippen LogP contribution is -2.28. The summed E-state index contributed by atoms with van der Waals surface area (Å²) >= 11 is 1.51. The van der Waals surface area contributed by atoms with Crippen molar-refractivity contribution in [2.24, 2.45) is 0 Å². The summed E-state index contributed by atoms with van der Waals surface area (Å²) in [6.07, 6.45) is 0.676. The second-order valence-electron chi connectivity index (χ2n) is 4.48. The molecule has 0 bridgehead atoms. The van der Waals surface area contributed by atoms with Crippen LogP contribution in [0.5, 0.6) is 0 Å². The molecular weight excluding hydrogens is 265 g/mol. The Labute approximate surface area is 117 Å². The molecule has 0 radical (unpaired) electrons. The molecule has 0 aliphatic heterocycles. The molecule has 19 heavy (non-hydrogen) atoms. The third-order valence-corrected chi connectivity index (χ3v) is 4.04. The van der Waals surface area contributed by atoms with Crippen LogP contribution in [0.15, 0.2) is 24.3 Å². The molecule has 1 amide bonds. The average Bonchev–Trinajstić information content (AvgIpc) is 2.39. The van der Waals surface area contributed by atoms with Gasteiger partial charge in [0.2, 0.25) is 5.91 Å². The first kappa shape index (κ1) is 16.0. The lowest BCUT2D eigenvalue weighted by Gasteiger charge is -2.18. The van der Waals surface area contributed by atoms with Crippen LogP contribution in [0, 0.1) is 5.82 Å². The SMILES string of the molecule is CC(CCO)SCC(=O)N(C)Cc1ccccc1F. The Morgan fingerprint density at radius 1 is 1.47 bits per heavy atom. The molecule has 0 saturated heterocycles. The first-order valence-corrected chi connectivity index (χ1v) is 7.29. The van der Waals surface area contributed by atoms with Gasteiger partial charge in [-0.1, -0.05) is 25.1 Å². The maximum Gasteiger partial charge on any atom is 0.232 e. The van der Waals surface area contributed by atoms with Crippen LogP contribution in [0.1, 0.15) is 18.9 Å². The fraction of sp³-hybridized carbons (Fsp3) is 0.500. The molecule has 0 aliphatic carbocycles. The van der Waals surface area contributed by atoms with Crippen molar-refractivity contribution >= 4 is 17.7 Å². The highest BCUT2D eigenvalue weighted by molar-refractivity contribution is 8.00. The van der Waals surface area contributed by atoms with Gasteiger partial charge >= 0.3 is 0 Å². The highest BCUT2D eigenvalue weighted by Crippen LogP contribution is 2.15. The van der Waals surface area contributed by atoms with E-state index >= 15 is 0 Å². The van der Waals surface area contributed by atoms with Crippen LogP contribution in [-0.4, -0.2) is 40.6 Å². The summed E-state index contributed by atoms with van der Waals surface area (Å²) in [6, 6.07) is 6.47. The van der Waals surface area contributed by atoms with Crippen LogP contribution < -0.4 is 0 Å². The number of rotatable bonds is 7. The van der Waals surface area contributed by atoms with Crippen molar-refractivity contribution < 1.29 is 14.3 Å². The summed E-state index contributed by atoms with van der Waals surface area (Å²) in [4.78, 5) is 13.4. The maximum absolute atomic E-state index is 13.5. The minimum atomic E-state index is -0.288. The van der Waals surface area contributed by atoms with Crippen molar-refractivity contribution in [3.8, 4) is 0 Å². The second kappa shape index (κ2) is 8.17. The predicted molar refractivity (Wildman–Crippen MR) is 76.5 cm³/mol. The molecule has 1 unspecified atom stereocenters. The van der Waals surface area contributed by atoms with Gasteiger partial charge in [-0.05, 0) is 12.5 Å². The summed E-state index contributed by atoms with van der Waals surface area (Å²) in [5, 5.41) is 9.03. The number of halogens is 1. The summed E-state index contributed by atoms with van der Waals surface area (Å²) in [5.41, 5.74) is 0.520. The largest absolute Gasteiger partial charge is 0.396 e. The fourth-order valence-electron chi connectivity index (χ4n) is 1.56. The molecule has 1 atom stereocenters. The number of aliphatic hydroxyl groups excluding tert-OH is 1. The molecular formula is C14H20FNO2S. The van der Waals surface area contributed by atoms with E-state index in [2.05, 4.69) is 0 Å². The number of carbonyl (C=O) groups is 1. The number of hydrogen-bond acceptors (Lipinski definition) is 3. The Balaban J connectivity index is 2.43. The van der Waals surface area contributed by atoms with Gasteiger partial charge in [-0.2, -0.15) is 0 Å². The van der Waals surface area contributed by atoms with Crippen LogP contribution >= 0.6 is 11.8 Å². The van der Waals surface area contributed by atoms with E-state index in [9.17, 15) is 9.18 Å². The first-order chi connectivity index (χ1) is 9.04. The van der Waals surface area contributed by atoms with E-state index in [1.54, 1.807) is 25.2 Å². The standard InChI is InChI=1S/C14H20FNO2S/c1-11(7-8-17)19-10-14(18)16(2)9-12-5-3-4-6-13(12)15/h3-6,11,17H,7-10H2,1-2H3. The lowest BCUT2D eigenvalue weighted by atomic mass is 10.2. The van der Waals surface area contributed by atoms with Crippen molar-refractivity contribution in [2.45, 2.75) is 25.1 Å². The molecule has 0 aliphatic rings. The minimum Gasteiger partial charge on any atom is -0.396 e. The van der Waals surface area contributed by atoms with E-state index in [1.807, 2.05) is 6.92 Å². The van der Waals surface area contributed by atoms with Gasteiger partial charge in [-0.25, -0.2) is 4.39 Å². The van der Waals surface area contributed by atoms with Crippen LogP contribution in [0.2, 0.25) is 0 Å². The van der Waals surface area contributed by atoms with E-state index in [0.717, 1.165) is 0 Å². The number of nitrogens with zero attached hydrogens (tertiary/aromatic N) is 1. The van der Waals surface area contributed by atoms with Gasteiger partial charge in [0, 0.05) is 31.0 Å². The Hall–Kier alpha value is -1.07. The number of hydrogen-bond donors (Lipinski definition) is 1. The van der Waals surface area contributed by atoms with E-state index in [-0.39, 0.29) is 30.1 Å². The lowest BCUT2D eigenvalue weighted by molar-refractivity contribution is -0.127. The van der Waals surface area contributed by atoms with E-state index < -0.39 is 0 Å². The Morgan fingerprint density at radius 2 is 2.16 bits per heavy atom. The molecule has 1 rings (SSSR count). The van der Waals surface area contributed by atoms with Crippen molar-refractivity contribution in [2.75, 3.05) is 19.4 Å². The molecule has 0 aromatic heterocycles. The van der Waals surface area contributed by atoms with E-state index in [4.69, 9.17) is 5.11 Å². The quantitative estimate of drug-likeness (QED) is 0.835. The Bertz CT molecular complexity index is 414. The van der Waals surface area contributed by atoms with Gasteiger partial charge in [-0.15, -0.1) is 11.8 Å². The molecule has 0 spiro atoms. The van der Waals surface area contributed by atoms with E-state index in [1.165, 1.54) is 22.7 Å². The zero-order valence-corrected chi connectivity index (χ0v) is 12.1. The van der Waals surface area contributed by atoms with Gasteiger partial charge in [0.1, 0.15) is 5.82 Å². The summed E-state index contributed by atoms with van der Waals surface area (Å²) in [5.74, 6) is 0.0352. The molecule has 3 nitrogen and oxygen atoms in total. The van der Waals surface area contributed by atoms with Gasteiger partial charge in [-0.3, -0.25) is 4.79 Å². The highest BCUT2D eigenvalue weighted by Gasteiger charge is 2.13. The third-order valence-electron chi connectivity index (χ3n) is 2.82. The van der Waals surface area contributed by atoms with Crippen LogP contribution in [0.3, 0.4) is 0 Å². The van der Waals surface area contributed by atoms with Crippen molar-refractivity contribution in [1.82, 2.24) is 4.90 Å². The van der Waals surface area contributed by atoms with Crippen molar-refractivity contribution in [3.63, 3.8) is 0 Å². The predicted octanol–water partition coefficient (Wildman–Crippen LogP) is 2.29. The van der Waals surface area contributed by atoms with Gasteiger partial charge < -0.3 is 10.0 Å². The first-order valence-electron chi connectivity index (χ1n) is 6.24. The van der Waals surface area contributed by atoms with Gasteiger partial charge in [0.05, 0.1) is 5.75 Å². The minimum absolute atomic E-state index is 0.0296. The molecule has 1 aromatic carbocycles.